The molecule has 5 nitrogen and oxygen atoms in total. The number of nitrogens with one attached hydrogen (secondary N) is 1. The van der Waals surface area contributed by atoms with Gasteiger partial charge in [0.15, 0.2) is 6.61 Å². The Bertz CT molecular complexity index is 961. The standard InChI is InChI=1S/C23H27FIN3O2/c1-5-28-20-11-18(24)16(10-17(20)15(2)12-23(28,3)4)13-26-27-22(29)14-30-21-9-7-6-8-19(21)25/h6-11,13,15H,5,12,14H2,1-4H3,(H,27,29)/b26-13+. The molecule has 1 unspecified atom stereocenters. The maximum Gasteiger partial charge on any atom is 0.277 e. The number of fused-ring (bicyclic) bond motifs is 1. The second-order valence-corrected chi connectivity index (χ2v) is 9.27. The highest BCUT2D eigenvalue weighted by molar-refractivity contribution is 14.1. The van der Waals surface area contributed by atoms with E-state index in [4.69, 9.17) is 4.74 Å². The van der Waals surface area contributed by atoms with Crippen LogP contribution in [0.5, 0.6) is 5.75 Å². The smallest absolute Gasteiger partial charge is 0.277 e. The van der Waals surface area contributed by atoms with Gasteiger partial charge in [0.1, 0.15) is 11.6 Å². The van der Waals surface area contributed by atoms with Crippen molar-refractivity contribution in [2.75, 3.05) is 18.1 Å². The molecule has 1 amide bonds. The van der Waals surface area contributed by atoms with Crippen molar-refractivity contribution in [1.82, 2.24) is 5.43 Å². The molecule has 2 aromatic rings. The van der Waals surface area contributed by atoms with E-state index < -0.39 is 5.91 Å². The number of carbonyl (C=O) groups excluding carboxylic acids is 1. The number of anilines is 1. The van der Waals surface area contributed by atoms with Gasteiger partial charge in [-0.3, -0.25) is 4.79 Å². The molecule has 1 heterocycles. The summed E-state index contributed by atoms with van der Waals surface area (Å²) in [5.41, 5.74) is 4.77. The number of rotatable bonds is 6. The van der Waals surface area contributed by atoms with Crippen molar-refractivity contribution in [1.29, 1.82) is 0 Å². The molecule has 3 rings (SSSR count). The second-order valence-electron chi connectivity index (χ2n) is 8.11. The molecular formula is C23H27FIN3O2. The van der Waals surface area contributed by atoms with E-state index in [1.54, 1.807) is 12.1 Å². The number of benzene rings is 2. The molecule has 160 valence electrons. The van der Waals surface area contributed by atoms with E-state index in [1.165, 1.54) is 6.21 Å². The molecule has 0 bridgehead atoms. The van der Waals surface area contributed by atoms with Gasteiger partial charge in [-0.05, 0) is 85.5 Å². The molecule has 0 saturated heterocycles. The molecule has 0 fully saturated rings. The Morgan fingerprint density at radius 1 is 1.40 bits per heavy atom. The molecule has 0 radical (unpaired) electrons. The second kappa shape index (κ2) is 9.32. The van der Waals surface area contributed by atoms with Crippen LogP contribution in [0.2, 0.25) is 0 Å². The number of halogens is 2. The lowest BCUT2D eigenvalue weighted by Crippen LogP contribution is -2.48. The molecule has 0 spiro atoms. The first-order chi connectivity index (χ1) is 14.2. The van der Waals surface area contributed by atoms with Crippen LogP contribution in [0.15, 0.2) is 41.5 Å². The number of hydrazone groups is 1. The van der Waals surface area contributed by atoms with E-state index in [1.807, 2.05) is 24.3 Å². The average Bonchev–Trinajstić information content (AvgIpc) is 2.68. The van der Waals surface area contributed by atoms with Crippen molar-refractivity contribution < 1.29 is 13.9 Å². The van der Waals surface area contributed by atoms with Gasteiger partial charge in [0.25, 0.3) is 5.91 Å². The molecule has 7 heteroatoms. The molecule has 0 saturated carbocycles. The van der Waals surface area contributed by atoms with Crippen molar-refractivity contribution in [2.45, 2.75) is 45.6 Å². The van der Waals surface area contributed by atoms with Crippen molar-refractivity contribution >= 4 is 40.4 Å². The van der Waals surface area contributed by atoms with Gasteiger partial charge < -0.3 is 9.64 Å². The van der Waals surface area contributed by atoms with Crippen molar-refractivity contribution in [3.63, 3.8) is 0 Å². The Morgan fingerprint density at radius 2 is 2.13 bits per heavy atom. The lowest BCUT2D eigenvalue weighted by molar-refractivity contribution is -0.123. The van der Waals surface area contributed by atoms with Gasteiger partial charge in [-0.1, -0.05) is 19.1 Å². The quantitative estimate of drug-likeness (QED) is 0.327. The third-order valence-electron chi connectivity index (χ3n) is 5.41. The predicted octanol–water partition coefficient (Wildman–Crippen LogP) is 5.07. The molecule has 1 aliphatic heterocycles. The molecule has 0 aromatic heterocycles. The summed E-state index contributed by atoms with van der Waals surface area (Å²) in [6, 6.07) is 10.9. The molecule has 2 aromatic carbocycles. The maximum atomic E-state index is 14.7. The first-order valence-electron chi connectivity index (χ1n) is 10.0. The fourth-order valence-electron chi connectivity index (χ4n) is 4.13. The third-order valence-corrected chi connectivity index (χ3v) is 6.30. The molecule has 30 heavy (non-hydrogen) atoms. The first kappa shape index (κ1) is 22.5. The monoisotopic (exact) mass is 523 g/mol. The number of hydrogen-bond donors (Lipinski definition) is 1. The van der Waals surface area contributed by atoms with E-state index >= 15 is 0 Å². The van der Waals surface area contributed by atoms with Crippen molar-refractivity contribution in [2.24, 2.45) is 5.10 Å². The largest absolute Gasteiger partial charge is 0.483 e. The molecule has 1 aliphatic rings. The number of nitrogens with zero attached hydrogens (tertiary/aromatic N) is 2. The van der Waals surface area contributed by atoms with Gasteiger partial charge in [0.2, 0.25) is 0 Å². The van der Waals surface area contributed by atoms with Crippen LogP contribution in [-0.4, -0.2) is 30.8 Å². The van der Waals surface area contributed by atoms with Crippen LogP contribution in [0.25, 0.3) is 0 Å². The Hall–Kier alpha value is -2.16. The number of hydrogen-bond acceptors (Lipinski definition) is 4. The summed E-state index contributed by atoms with van der Waals surface area (Å²) < 4.78 is 21.1. The maximum absolute atomic E-state index is 14.7. The highest BCUT2D eigenvalue weighted by Crippen LogP contribution is 2.43. The lowest BCUT2D eigenvalue weighted by atomic mass is 9.79. The highest BCUT2D eigenvalue weighted by Gasteiger charge is 2.36. The predicted molar refractivity (Wildman–Crippen MR) is 127 cm³/mol. The van der Waals surface area contributed by atoms with Gasteiger partial charge in [-0.15, -0.1) is 0 Å². The minimum absolute atomic E-state index is 0.0201. The zero-order valence-corrected chi connectivity index (χ0v) is 19.9. The average molecular weight is 523 g/mol. The van der Waals surface area contributed by atoms with E-state index in [-0.39, 0.29) is 18.0 Å². The highest BCUT2D eigenvalue weighted by atomic mass is 127. The Morgan fingerprint density at radius 3 is 2.83 bits per heavy atom. The summed E-state index contributed by atoms with van der Waals surface area (Å²) >= 11 is 2.14. The fraction of sp³-hybridized carbons (Fsp3) is 0.391. The van der Waals surface area contributed by atoms with Crippen LogP contribution in [-0.2, 0) is 4.79 Å². The zero-order chi connectivity index (χ0) is 21.9. The molecule has 0 aliphatic carbocycles. The van der Waals surface area contributed by atoms with Crippen LogP contribution in [0.4, 0.5) is 10.1 Å². The number of carbonyl (C=O) groups is 1. The first-order valence-corrected chi connectivity index (χ1v) is 11.1. The SMILES string of the molecule is CCN1c2cc(F)c(/C=N/NC(=O)COc3ccccc3I)cc2C(C)CC1(C)C. The van der Waals surface area contributed by atoms with Crippen LogP contribution in [0.3, 0.4) is 0 Å². The van der Waals surface area contributed by atoms with Crippen LogP contribution in [0.1, 0.15) is 51.2 Å². The van der Waals surface area contributed by atoms with E-state index in [0.29, 0.717) is 17.2 Å². The van der Waals surface area contributed by atoms with E-state index in [9.17, 15) is 9.18 Å². The molecule has 1 atom stereocenters. The third kappa shape index (κ3) is 4.94. The summed E-state index contributed by atoms with van der Waals surface area (Å²) in [4.78, 5) is 14.2. The topological polar surface area (TPSA) is 53.9 Å². The van der Waals surface area contributed by atoms with Crippen molar-refractivity contribution in [3.05, 3.63) is 56.9 Å². The molecule has 1 N–H and O–H groups in total. The number of amides is 1. The van der Waals surface area contributed by atoms with E-state index in [0.717, 1.165) is 27.8 Å². The minimum atomic E-state index is -0.406. The summed E-state index contributed by atoms with van der Waals surface area (Å²) in [5.74, 6) is 0.180. The van der Waals surface area contributed by atoms with Crippen LogP contribution >= 0.6 is 22.6 Å². The van der Waals surface area contributed by atoms with Gasteiger partial charge in [0.05, 0.1) is 9.78 Å². The van der Waals surface area contributed by atoms with Crippen LogP contribution < -0.4 is 15.1 Å². The minimum Gasteiger partial charge on any atom is -0.483 e. The summed E-state index contributed by atoms with van der Waals surface area (Å²) in [5, 5.41) is 3.92. The fourth-order valence-corrected chi connectivity index (χ4v) is 4.67. The Labute approximate surface area is 190 Å². The van der Waals surface area contributed by atoms with Gasteiger partial charge >= 0.3 is 0 Å². The van der Waals surface area contributed by atoms with Gasteiger partial charge in [0, 0.05) is 23.3 Å². The van der Waals surface area contributed by atoms with E-state index in [2.05, 4.69) is 65.7 Å². The Balaban J connectivity index is 1.68. The Kier molecular flexibility index (Phi) is 7.00. The molecular weight excluding hydrogens is 496 g/mol. The number of para-hydroxylation sites is 1. The van der Waals surface area contributed by atoms with Crippen molar-refractivity contribution in [3.8, 4) is 5.75 Å². The summed E-state index contributed by atoms with van der Waals surface area (Å²) in [7, 11) is 0. The van der Waals surface area contributed by atoms with Crippen LogP contribution in [0, 0.1) is 9.39 Å². The summed E-state index contributed by atoms with van der Waals surface area (Å²) in [6.07, 6.45) is 2.34. The summed E-state index contributed by atoms with van der Waals surface area (Å²) in [6.45, 7) is 9.28. The normalized spacial score (nSPS) is 17.7. The lowest BCUT2D eigenvalue weighted by Gasteiger charge is -2.47. The number of ether oxygens (including phenoxy) is 1. The zero-order valence-electron chi connectivity index (χ0n) is 17.7. The van der Waals surface area contributed by atoms with Gasteiger partial charge in [-0.25, -0.2) is 9.82 Å². The van der Waals surface area contributed by atoms with Gasteiger partial charge in [-0.2, -0.15) is 5.10 Å².